The Labute approximate surface area is 303 Å². The van der Waals surface area contributed by atoms with Crippen LogP contribution in [0, 0.1) is 11.8 Å². The molecule has 11 heteroatoms. The Balaban J connectivity index is 0.000000340. The quantitative estimate of drug-likeness (QED) is 0.0943. The highest BCUT2D eigenvalue weighted by Gasteiger charge is 2.17. The molecule has 266 valence electrons. The standard InChI is InChI=1S/C19H20ClNO4.C19H20ClNO3.CH4/c1-11(2)8-12-4-7-17(22)14(9-12)18(23)21-16-6-5-13(10-15(16)20)19(24)25-3;1-11(2)8-13-4-7-18(23)15(9-13)19(24)21-17-6-5-14(12(3)22)10-16(17)20;/h4-7,9-11,22H,8H2,1-3H3,(H,21,23);4-7,9-11,23H,8H2,1-3H3,(H,21,24);1H4. The summed E-state index contributed by atoms with van der Waals surface area (Å²) in [5.74, 6) is -0.859. The molecule has 0 aliphatic carbocycles. The zero-order valence-corrected chi connectivity index (χ0v) is 29.7. The van der Waals surface area contributed by atoms with Gasteiger partial charge in [-0.1, -0.05) is 70.5 Å². The normalized spacial score (nSPS) is 10.4. The SMILES string of the molecule is C.CC(=O)c1ccc(NC(=O)c2cc(CC(C)C)ccc2O)c(Cl)c1.COC(=O)c1ccc(NC(=O)c2cc(CC(C)C)ccc2O)c(Cl)c1. The van der Waals surface area contributed by atoms with Crippen LogP contribution in [0.4, 0.5) is 11.4 Å². The molecular formula is C39H44Cl2N2O7. The second-order valence-corrected chi connectivity index (χ2v) is 13.1. The van der Waals surface area contributed by atoms with E-state index in [1.807, 2.05) is 0 Å². The summed E-state index contributed by atoms with van der Waals surface area (Å²) in [4.78, 5) is 47.8. The number of methoxy groups -OCH3 is 1. The number of ether oxygens (including phenoxy) is 1. The van der Waals surface area contributed by atoms with Gasteiger partial charge in [-0.3, -0.25) is 14.4 Å². The number of amides is 2. The number of aromatic hydroxyl groups is 2. The maximum absolute atomic E-state index is 12.5. The van der Waals surface area contributed by atoms with Crippen molar-refractivity contribution in [3.63, 3.8) is 0 Å². The molecule has 4 N–H and O–H groups in total. The van der Waals surface area contributed by atoms with Crippen LogP contribution in [-0.4, -0.2) is 40.9 Å². The lowest BCUT2D eigenvalue weighted by Gasteiger charge is -2.11. The number of rotatable bonds is 10. The van der Waals surface area contributed by atoms with E-state index in [-0.39, 0.29) is 51.4 Å². The second kappa shape index (κ2) is 18.8. The van der Waals surface area contributed by atoms with Crippen molar-refractivity contribution < 1.29 is 34.1 Å². The van der Waals surface area contributed by atoms with Crippen molar-refractivity contribution in [2.45, 2.75) is 54.9 Å². The molecule has 4 aromatic rings. The Hall–Kier alpha value is -4.86. The van der Waals surface area contributed by atoms with Crippen molar-refractivity contribution in [2.75, 3.05) is 17.7 Å². The Morgan fingerprint density at radius 2 is 1.06 bits per heavy atom. The Morgan fingerprint density at radius 3 is 1.42 bits per heavy atom. The zero-order chi connectivity index (χ0) is 36.4. The van der Waals surface area contributed by atoms with Gasteiger partial charge < -0.3 is 25.6 Å². The van der Waals surface area contributed by atoms with Crippen molar-refractivity contribution in [3.8, 4) is 11.5 Å². The van der Waals surface area contributed by atoms with Crippen LogP contribution in [0.2, 0.25) is 10.0 Å². The van der Waals surface area contributed by atoms with E-state index in [9.17, 15) is 29.4 Å². The predicted octanol–water partition coefficient (Wildman–Crippen LogP) is 9.62. The van der Waals surface area contributed by atoms with Crippen LogP contribution in [0.5, 0.6) is 11.5 Å². The van der Waals surface area contributed by atoms with Crippen LogP contribution >= 0.6 is 23.2 Å². The largest absolute Gasteiger partial charge is 0.507 e. The molecule has 0 aliphatic heterocycles. The number of carbonyl (C=O) groups excluding carboxylic acids is 4. The van der Waals surface area contributed by atoms with Gasteiger partial charge in [-0.15, -0.1) is 0 Å². The highest BCUT2D eigenvalue weighted by atomic mass is 35.5. The van der Waals surface area contributed by atoms with E-state index in [4.69, 9.17) is 23.2 Å². The molecule has 0 aliphatic rings. The molecule has 0 saturated carbocycles. The first-order chi connectivity index (χ1) is 23.1. The highest BCUT2D eigenvalue weighted by Crippen LogP contribution is 2.28. The van der Waals surface area contributed by atoms with Gasteiger partial charge in [0.05, 0.1) is 45.2 Å². The first-order valence-electron chi connectivity index (χ1n) is 15.5. The molecule has 9 nitrogen and oxygen atoms in total. The Morgan fingerprint density at radius 1 is 0.660 bits per heavy atom. The number of ketones is 1. The van der Waals surface area contributed by atoms with Gasteiger partial charge >= 0.3 is 5.97 Å². The minimum absolute atomic E-state index is 0. The van der Waals surface area contributed by atoms with Crippen molar-refractivity contribution in [3.05, 3.63) is 116 Å². The molecule has 2 amide bonds. The number of halogens is 2. The smallest absolute Gasteiger partial charge is 0.337 e. The number of esters is 1. The van der Waals surface area contributed by atoms with Crippen molar-refractivity contribution in [1.29, 1.82) is 0 Å². The van der Waals surface area contributed by atoms with Crippen LogP contribution in [-0.2, 0) is 17.6 Å². The lowest BCUT2D eigenvalue weighted by molar-refractivity contribution is 0.0600. The van der Waals surface area contributed by atoms with E-state index in [0.29, 0.717) is 28.8 Å². The molecule has 4 rings (SSSR count). The van der Waals surface area contributed by atoms with Crippen molar-refractivity contribution in [1.82, 2.24) is 0 Å². The van der Waals surface area contributed by atoms with E-state index in [2.05, 4.69) is 43.1 Å². The second-order valence-electron chi connectivity index (χ2n) is 12.2. The van der Waals surface area contributed by atoms with Gasteiger partial charge in [0.25, 0.3) is 11.8 Å². The number of phenolic OH excluding ortho intramolecular Hbond substituents is 2. The molecule has 0 fully saturated rings. The van der Waals surface area contributed by atoms with Crippen molar-refractivity contribution >= 4 is 58.1 Å². The van der Waals surface area contributed by atoms with Gasteiger partial charge in [0.2, 0.25) is 0 Å². The number of hydrogen-bond donors (Lipinski definition) is 4. The third-order valence-electron chi connectivity index (χ3n) is 7.16. The summed E-state index contributed by atoms with van der Waals surface area (Å²) < 4.78 is 4.62. The van der Waals surface area contributed by atoms with E-state index < -0.39 is 17.8 Å². The van der Waals surface area contributed by atoms with Crippen LogP contribution < -0.4 is 10.6 Å². The summed E-state index contributed by atoms with van der Waals surface area (Å²) in [6, 6.07) is 19.1. The molecule has 0 saturated heterocycles. The summed E-state index contributed by atoms with van der Waals surface area (Å²) in [6.45, 7) is 9.78. The first kappa shape index (κ1) is 41.3. The summed E-state index contributed by atoms with van der Waals surface area (Å²) in [7, 11) is 1.28. The number of nitrogens with one attached hydrogen (secondary N) is 2. The molecule has 0 unspecified atom stereocenters. The van der Waals surface area contributed by atoms with Crippen LogP contribution in [0.3, 0.4) is 0 Å². The van der Waals surface area contributed by atoms with Gasteiger partial charge in [0, 0.05) is 5.56 Å². The number of phenols is 2. The molecular weight excluding hydrogens is 679 g/mol. The number of hydrogen-bond acceptors (Lipinski definition) is 7. The first-order valence-corrected chi connectivity index (χ1v) is 16.3. The lowest BCUT2D eigenvalue weighted by atomic mass is 10.00. The van der Waals surface area contributed by atoms with E-state index in [0.717, 1.165) is 24.0 Å². The average molecular weight is 724 g/mol. The van der Waals surface area contributed by atoms with Crippen LogP contribution in [0.25, 0.3) is 0 Å². The molecule has 0 atom stereocenters. The maximum Gasteiger partial charge on any atom is 0.337 e. The zero-order valence-electron chi connectivity index (χ0n) is 28.2. The number of Topliss-reactive ketones (excluding diaryl/α,β-unsaturated/α-hetero) is 1. The maximum atomic E-state index is 12.5. The molecule has 4 aromatic carbocycles. The van der Waals surface area contributed by atoms with Gasteiger partial charge in [-0.2, -0.15) is 0 Å². The molecule has 0 radical (unpaired) electrons. The average Bonchev–Trinajstić information content (AvgIpc) is 3.04. The molecule has 0 aromatic heterocycles. The lowest BCUT2D eigenvalue weighted by Crippen LogP contribution is -2.13. The van der Waals surface area contributed by atoms with Gasteiger partial charge in [0.1, 0.15) is 11.5 Å². The Bertz CT molecular complexity index is 1850. The third-order valence-corrected chi connectivity index (χ3v) is 7.79. The van der Waals surface area contributed by atoms with Crippen molar-refractivity contribution in [2.24, 2.45) is 11.8 Å². The summed E-state index contributed by atoms with van der Waals surface area (Å²) in [6.07, 6.45) is 1.61. The fraction of sp³-hybridized carbons (Fsp3) is 0.282. The summed E-state index contributed by atoms with van der Waals surface area (Å²) in [5, 5.41) is 25.7. The molecule has 50 heavy (non-hydrogen) atoms. The predicted molar refractivity (Wildman–Crippen MR) is 200 cm³/mol. The van der Waals surface area contributed by atoms with E-state index in [1.165, 1.54) is 50.4 Å². The van der Waals surface area contributed by atoms with Crippen LogP contribution in [0.15, 0.2) is 72.8 Å². The van der Waals surface area contributed by atoms with E-state index >= 15 is 0 Å². The molecule has 0 spiro atoms. The summed E-state index contributed by atoms with van der Waals surface area (Å²) in [5.41, 5.74) is 3.79. The third kappa shape index (κ3) is 11.6. The topological polar surface area (TPSA) is 142 Å². The number of carbonyl (C=O) groups is 4. The molecule has 0 heterocycles. The fourth-order valence-electron chi connectivity index (χ4n) is 4.80. The fourth-order valence-corrected chi connectivity index (χ4v) is 5.26. The highest BCUT2D eigenvalue weighted by molar-refractivity contribution is 6.34. The van der Waals surface area contributed by atoms with Gasteiger partial charge in [0.15, 0.2) is 5.78 Å². The van der Waals surface area contributed by atoms with Crippen LogP contribution in [0.1, 0.15) is 94.6 Å². The minimum Gasteiger partial charge on any atom is -0.507 e. The number of anilines is 2. The monoisotopic (exact) mass is 722 g/mol. The Kier molecular flexibility index (Phi) is 15.5. The minimum atomic E-state index is -0.515. The van der Waals surface area contributed by atoms with Gasteiger partial charge in [-0.05, 0) is 103 Å². The van der Waals surface area contributed by atoms with E-state index in [1.54, 1.807) is 36.4 Å². The molecule has 0 bridgehead atoms. The number of benzene rings is 4. The van der Waals surface area contributed by atoms with Gasteiger partial charge in [-0.25, -0.2) is 4.79 Å². The summed E-state index contributed by atoms with van der Waals surface area (Å²) >= 11 is 12.2.